The van der Waals surface area contributed by atoms with Gasteiger partial charge in [0.1, 0.15) is 0 Å². The van der Waals surface area contributed by atoms with Crippen LogP contribution in [0.2, 0.25) is 0 Å². The second kappa shape index (κ2) is 10.1. The number of rotatable bonds is 9. The fourth-order valence-corrected chi connectivity index (χ4v) is 2.47. The molecule has 1 N–H and O–H groups in total. The number of benzene rings is 2. The van der Waals surface area contributed by atoms with Crippen molar-refractivity contribution in [3.05, 3.63) is 57.6 Å². The standard InChI is InChI=1S/C20H22N2O7/c1-4-27-17-9-8-15(11-18(17)28-5-2)21-19(23)12-29-20(24)14-7-6-13(3)16(10-14)22(25)26/h6-11H,4-5,12H2,1-3H3,(H,21,23). The number of nitro groups is 1. The summed E-state index contributed by atoms with van der Waals surface area (Å²) >= 11 is 0. The maximum absolute atomic E-state index is 12.1. The van der Waals surface area contributed by atoms with E-state index in [9.17, 15) is 19.7 Å². The van der Waals surface area contributed by atoms with Crippen LogP contribution in [-0.2, 0) is 9.53 Å². The van der Waals surface area contributed by atoms with E-state index < -0.39 is 23.4 Å². The van der Waals surface area contributed by atoms with Crippen molar-refractivity contribution < 1.29 is 28.7 Å². The zero-order valence-electron chi connectivity index (χ0n) is 16.4. The summed E-state index contributed by atoms with van der Waals surface area (Å²) < 4.78 is 15.9. The van der Waals surface area contributed by atoms with Crippen molar-refractivity contribution in [2.24, 2.45) is 0 Å². The predicted molar refractivity (Wildman–Crippen MR) is 106 cm³/mol. The first-order chi connectivity index (χ1) is 13.8. The van der Waals surface area contributed by atoms with E-state index in [1.54, 1.807) is 25.1 Å². The minimum atomic E-state index is -0.829. The van der Waals surface area contributed by atoms with E-state index in [0.29, 0.717) is 36.0 Å². The van der Waals surface area contributed by atoms with Crippen molar-refractivity contribution in [1.29, 1.82) is 0 Å². The number of aryl methyl sites for hydroxylation is 1. The third-order valence-corrected chi connectivity index (χ3v) is 3.80. The fourth-order valence-electron chi connectivity index (χ4n) is 2.47. The number of ether oxygens (including phenoxy) is 3. The molecular weight excluding hydrogens is 380 g/mol. The molecular formula is C20H22N2O7. The molecule has 154 valence electrons. The maximum atomic E-state index is 12.1. The zero-order valence-corrected chi connectivity index (χ0v) is 16.4. The van der Waals surface area contributed by atoms with Gasteiger partial charge in [0, 0.05) is 23.4 Å². The van der Waals surface area contributed by atoms with Crippen molar-refractivity contribution >= 4 is 23.3 Å². The number of anilines is 1. The summed E-state index contributed by atoms with van der Waals surface area (Å²) in [6.45, 7) is 5.60. The van der Waals surface area contributed by atoms with Gasteiger partial charge in [-0.15, -0.1) is 0 Å². The number of hydrogen-bond donors (Lipinski definition) is 1. The molecule has 1 amide bonds. The monoisotopic (exact) mass is 402 g/mol. The Kier molecular flexibility index (Phi) is 7.53. The zero-order chi connectivity index (χ0) is 21.4. The van der Waals surface area contributed by atoms with Gasteiger partial charge in [-0.25, -0.2) is 4.79 Å². The van der Waals surface area contributed by atoms with E-state index in [4.69, 9.17) is 14.2 Å². The van der Waals surface area contributed by atoms with Crippen molar-refractivity contribution in [3.8, 4) is 11.5 Å². The maximum Gasteiger partial charge on any atom is 0.338 e. The van der Waals surface area contributed by atoms with Crippen LogP contribution in [0.1, 0.15) is 29.8 Å². The molecule has 0 atom stereocenters. The lowest BCUT2D eigenvalue weighted by Crippen LogP contribution is -2.21. The van der Waals surface area contributed by atoms with Gasteiger partial charge in [0.25, 0.3) is 11.6 Å². The first-order valence-corrected chi connectivity index (χ1v) is 8.97. The molecule has 9 heteroatoms. The van der Waals surface area contributed by atoms with Crippen molar-refractivity contribution in [1.82, 2.24) is 0 Å². The summed E-state index contributed by atoms with van der Waals surface area (Å²) in [7, 11) is 0. The molecule has 0 saturated carbocycles. The van der Waals surface area contributed by atoms with Gasteiger partial charge in [0.2, 0.25) is 0 Å². The average molecular weight is 402 g/mol. The summed E-state index contributed by atoms with van der Waals surface area (Å²) in [5.41, 5.74) is 0.672. The van der Waals surface area contributed by atoms with Gasteiger partial charge in [-0.05, 0) is 39.0 Å². The van der Waals surface area contributed by atoms with E-state index in [1.165, 1.54) is 12.1 Å². The normalized spacial score (nSPS) is 10.2. The van der Waals surface area contributed by atoms with Crippen LogP contribution in [0.4, 0.5) is 11.4 Å². The number of carbonyl (C=O) groups excluding carboxylic acids is 2. The summed E-state index contributed by atoms with van der Waals surface area (Å²) in [5.74, 6) is -0.354. The Morgan fingerprint density at radius 3 is 2.38 bits per heavy atom. The summed E-state index contributed by atoms with van der Waals surface area (Å²) in [6.07, 6.45) is 0. The van der Waals surface area contributed by atoms with Gasteiger partial charge in [0.05, 0.1) is 23.7 Å². The molecule has 0 unspecified atom stereocenters. The second-order valence-corrected chi connectivity index (χ2v) is 5.91. The Labute approximate surface area is 167 Å². The molecule has 2 aromatic rings. The molecule has 0 aromatic heterocycles. The molecule has 0 radical (unpaired) electrons. The number of esters is 1. The molecule has 0 saturated heterocycles. The van der Waals surface area contributed by atoms with Crippen molar-refractivity contribution in [2.75, 3.05) is 25.1 Å². The van der Waals surface area contributed by atoms with Crippen LogP contribution in [0.15, 0.2) is 36.4 Å². The molecule has 0 bridgehead atoms. The topological polar surface area (TPSA) is 117 Å². The molecule has 2 aromatic carbocycles. The molecule has 29 heavy (non-hydrogen) atoms. The van der Waals surface area contributed by atoms with E-state index in [-0.39, 0.29) is 11.3 Å². The van der Waals surface area contributed by atoms with Gasteiger partial charge >= 0.3 is 5.97 Å². The smallest absolute Gasteiger partial charge is 0.338 e. The Bertz CT molecular complexity index is 912. The van der Waals surface area contributed by atoms with E-state index in [2.05, 4.69) is 5.32 Å². The Morgan fingerprint density at radius 1 is 1.03 bits per heavy atom. The number of amides is 1. The predicted octanol–water partition coefficient (Wildman–Crippen LogP) is 3.50. The molecule has 9 nitrogen and oxygen atoms in total. The number of carbonyl (C=O) groups is 2. The van der Waals surface area contributed by atoms with Crippen LogP contribution in [0.25, 0.3) is 0 Å². The molecule has 2 rings (SSSR count). The van der Waals surface area contributed by atoms with Crippen LogP contribution in [-0.4, -0.2) is 36.6 Å². The van der Waals surface area contributed by atoms with Crippen LogP contribution >= 0.6 is 0 Å². The van der Waals surface area contributed by atoms with Gasteiger partial charge < -0.3 is 19.5 Å². The van der Waals surface area contributed by atoms with E-state index in [0.717, 1.165) is 6.07 Å². The van der Waals surface area contributed by atoms with Crippen LogP contribution < -0.4 is 14.8 Å². The summed E-state index contributed by atoms with van der Waals surface area (Å²) in [5, 5.41) is 13.6. The van der Waals surface area contributed by atoms with Gasteiger partial charge in [0.15, 0.2) is 18.1 Å². The Morgan fingerprint density at radius 2 is 1.72 bits per heavy atom. The first-order valence-electron chi connectivity index (χ1n) is 8.97. The Balaban J connectivity index is 1.99. The van der Waals surface area contributed by atoms with E-state index in [1.807, 2.05) is 13.8 Å². The molecule has 0 aliphatic carbocycles. The SMILES string of the molecule is CCOc1ccc(NC(=O)COC(=O)c2ccc(C)c([N+](=O)[O-])c2)cc1OCC. The average Bonchev–Trinajstić information content (AvgIpc) is 2.68. The highest BCUT2D eigenvalue weighted by atomic mass is 16.6. The molecule has 0 heterocycles. The first kappa shape index (κ1) is 21.7. The number of nitrogens with zero attached hydrogens (tertiary/aromatic N) is 1. The molecule has 0 aliphatic rings. The highest BCUT2D eigenvalue weighted by Crippen LogP contribution is 2.30. The van der Waals surface area contributed by atoms with Crippen LogP contribution in [0, 0.1) is 17.0 Å². The van der Waals surface area contributed by atoms with Gasteiger partial charge in [-0.1, -0.05) is 6.07 Å². The third kappa shape index (κ3) is 5.93. The van der Waals surface area contributed by atoms with Crippen LogP contribution in [0.5, 0.6) is 11.5 Å². The third-order valence-electron chi connectivity index (χ3n) is 3.80. The second-order valence-electron chi connectivity index (χ2n) is 5.91. The highest BCUT2D eigenvalue weighted by molar-refractivity contribution is 5.96. The van der Waals surface area contributed by atoms with Gasteiger partial charge in [-0.2, -0.15) is 0 Å². The fraction of sp³-hybridized carbons (Fsp3) is 0.300. The van der Waals surface area contributed by atoms with Gasteiger partial charge in [-0.3, -0.25) is 14.9 Å². The van der Waals surface area contributed by atoms with Crippen LogP contribution in [0.3, 0.4) is 0 Å². The quantitative estimate of drug-likeness (QED) is 0.387. The lowest BCUT2D eigenvalue weighted by molar-refractivity contribution is -0.385. The van der Waals surface area contributed by atoms with Crippen molar-refractivity contribution in [3.63, 3.8) is 0 Å². The number of nitrogens with one attached hydrogen (secondary N) is 1. The Hall–Kier alpha value is -3.62. The summed E-state index contributed by atoms with van der Waals surface area (Å²) in [6, 6.07) is 8.89. The number of nitro benzene ring substituents is 1. The highest BCUT2D eigenvalue weighted by Gasteiger charge is 2.17. The largest absolute Gasteiger partial charge is 0.490 e. The molecule has 0 spiro atoms. The lowest BCUT2D eigenvalue weighted by atomic mass is 10.1. The number of hydrogen-bond acceptors (Lipinski definition) is 7. The summed E-state index contributed by atoms with van der Waals surface area (Å²) in [4.78, 5) is 34.6. The minimum absolute atomic E-state index is 0.00482. The molecule has 0 fully saturated rings. The van der Waals surface area contributed by atoms with E-state index >= 15 is 0 Å². The lowest BCUT2D eigenvalue weighted by Gasteiger charge is -2.13. The minimum Gasteiger partial charge on any atom is -0.490 e. The van der Waals surface area contributed by atoms with Crippen molar-refractivity contribution in [2.45, 2.75) is 20.8 Å². The molecule has 0 aliphatic heterocycles.